The number of furan rings is 1. The van der Waals surface area contributed by atoms with Crippen LogP contribution in [0, 0.1) is 0 Å². The Hall–Kier alpha value is -1.60. The third kappa shape index (κ3) is 3.84. The molecule has 1 saturated heterocycles. The summed E-state index contributed by atoms with van der Waals surface area (Å²) in [6.45, 7) is 0.266. The van der Waals surface area contributed by atoms with Gasteiger partial charge in [-0.2, -0.15) is 0 Å². The van der Waals surface area contributed by atoms with E-state index >= 15 is 0 Å². The van der Waals surface area contributed by atoms with Crippen LogP contribution in [0.4, 0.5) is 0 Å². The number of amides is 1. The maximum absolute atomic E-state index is 12.9. The standard InChI is InChI=1S/C16H16BrNO4S/c17-13-5-3-12(4-6-13)16(19)18(10-15-2-1-8-22-15)14-7-9-23(20,21)11-14/h1-6,8,14H,7,9-11H2/t14-/m1/s1. The Kier molecular flexibility index (Phi) is 4.59. The fraction of sp³-hybridized carbons (Fsp3) is 0.312. The zero-order chi connectivity index (χ0) is 16.4. The van der Waals surface area contributed by atoms with E-state index in [2.05, 4.69) is 15.9 Å². The lowest BCUT2D eigenvalue weighted by atomic mass is 10.1. The number of sulfone groups is 1. The Labute approximate surface area is 143 Å². The lowest BCUT2D eigenvalue weighted by Gasteiger charge is -2.27. The second kappa shape index (κ2) is 6.49. The van der Waals surface area contributed by atoms with E-state index in [-0.39, 0.29) is 30.0 Å². The summed E-state index contributed by atoms with van der Waals surface area (Å²) < 4.78 is 29.8. The molecule has 2 heterocycles. The van der Waals surface area contributed by atoms with E-state index in [4.69, 9.17) is 4.42 Å². The van der Waals surface area contributed by atoms with Gasteiger partial charge in [0.2, 0.25) is 0 Å². The molecule has 1 aromatic carbocycles. The Balaban J connectivity index is 1.88. The first-order chi connectivity index (χ1) is 10.9. The van der Waals surface area contributed by atoms with Crippen LogP contribution in [-0.2, 0) is 16.4 Å². The van der Waals surface area contributed by atoms with Crippen molar-refractivity contribution in [1.82, 2.24) is 4.90 Å². The number of benzene rings is 1. The third-order valence-electron chi connectivity index (χ3n) is 3.91. The number of rotatable bonds is 4. The molecule has 0 saturated carbocycles. The van der Waals surface area contributed by atoms with Crippen molar-refractivity contribution in [3.05, 3.63) is 58.5 Å². The smallest absolute Gasteiger partial charge is 0.254 e. The molecule has 3 rings (SSSR count). The van der Waals surface area contributed by atoms with Gasteiger partial charge in [-0.3, -0.25) is 4.79 Å². The largest absolute Gasteiger partial charge is 0.467 e. The molecule has 0 radical (unpaired) electrons. The number of halogens is 1. The molecule has 1 aliphatic heterocycles. The van der Waals surface area contributed by atoms with Gasteiger partial charge in [-0.1, -0.05) is 15.9 Å². The van der Waals surface area contributed by atoms with Gasteiger partial charge in [0.1, 0.15) is 5.76 Å². The highest BCUT2D eigenvalue weighted by molar-refractivity contribution is 9.10. The van der Waals surface area contributed by atoms with Crippen molar-refractivity contribution in [1.29, 1.82) is 0 Å². The van der Waals surface area contributed by atoms with E-state index in [0.717, 1.165) is 4.47 Å². The normalized spacial score (nSPS) is 19.6. The van der Waals surface area contributed by atoms with Crippen molar-refractivity contribution in [3.63, 3.8) is 0 Å². The SMILES string of the molecule is O=C(c1ccc(Br)cc1)N(Cc1ccco1)[C@@H]1CCS(=O)(=O)C1. The fourth-order valence-corrected chi connectivity index (χ4v) is 4.71. The van der Waals surface area contributed by atoms with Gasteiger partial charge >= 0.3 is 0 Å². The predicted molar refractivity (Wildman–Crippen MR) is 89.8 cm³/mol. The minimum Gasteiger partial charge on any atom is -0.467 e. The van der Waals surface area contributed by atoms with Crippen LogP contribution < -0.4 is 0 Å². The van der Waals surface area contributed by atoms with Crippen LogP contribution in [0.2, 0.25) is 0 Å². The summed E-state index contributed by atoms with van der Waals surface area (Å²) in [6, 6.07) is 10.3. The summed E-state index contributed by atoms with van der Waals surface area (Å²) in [5, 5.41) is 0. The number of hydrogen-bond acceptors (Lipinski definition) is 4. The highest BCUT2D eigenvalue weighted by atomic mass is 79.9. The molecule has 0 aliphatic carbocycles. The first-order valence-corrected chi connectivity index (χ1v) is 9.85. The van der Waals surface area contributed by atoms with Gasteiger partial charge in [0.15, 0.2) is 9.84 Å². The lowest BCUT2D eigenvalue weighted by Crippen LogP contribution is -2.40. The highest BCUT2D eigenvalue weighted by Crippen LogP contribution is 2.23. The first-order valence-electron chi connectivity index (χ1n) is 7.24. The second-order valence-electron chi connectivity index (χ2n) is 5.58. The molecular weight excluding hydrogens is 382 g/mol. The van der Waals surface area contributed by atoms with Crippen LogP contribution in [0.15, 0.2) is 51.6 Å². The number of hydrogen-bond donors (Lipinski definition) is 0. The van der Waals surface area contributed by atoms with Gasteiger partial charge < -0.3 is 9.32 Å². The molecule has 0 spiro atoms. The Morgan fingerprint density at radius 2 is 2.00 bits per heavy atom. The predicted octanol–water partition coefficient (Wildman–Crippen LogP) is 2.87. The van der Waals surface area contributed by atoms with Crippen LogP contribution in [0.1, 0.15) is 22.5 Å². The van der Waals surface area contributed by atoms with Gasteiger partial charge in [0.05, 0.1) is 24.3 Å². The number of nitrogens with zero attached hydrogens (tertiary/aromatic N) is 1. The van der Waals surface area contributed by atoms with Gasteiger partial charge in [-0.05, 0) is 42.8 Å². The summed E-state index contributed by atoms with van der Waals surface area (Å²) in [5.74, 6) is 0.589. The van der Waals surface area contributed by atoms with Crippen molar-refractivity contribution in [3.8, 4) is 0 Å². The molecule has 1 aliphatic rings. The topological polar surface area (TPSA) is 67.6 Å². The highest BCUT2D eigenvalue weighted by Gasteiger charge is 2.35. The number of carbonyl (C=O) groups excluding carboxylic acids is 1. The van der Waals surface area contributed by atoms with Crippen LogP contribution >= 0.6 is 15.9 Å². The zero-order valence-corrected chi connectivity index (χ0v) is 14.7. The van der Waals surface area contributed by atoms with Crippen LogP contribution in [0.5, 0.6) is 0 Å². The molecule has 0 N–H and O–H groups in total. The van der Waals surface area contributed by atoms with E-state index in [0.29, 0.717) is 17.7 Å². The second-order valence-corrected chi connectivity index (χ2v) is 8.72. The minimum atomic E-state index is -3.07. The first kappa shape index (κ1) is 16.3. The van der Waals surface area contributed by atoms with Crippen LogP contribution in [0.3, 0.4) is 0 Å². The van der Waals surface area contributed by atoms with Crippen LogP contribution in [-0.4, -0.2) is 36.8 Å². The minimum absolute atomic E-state index is 0.00990. The van der Waals surface area contributed by atoms with Crippen molar-refractivity contribution in [2.75, 3.05) is 11.5 Å². The van der Waals surface area contributed by atoms with E-state index in [1.165, 1.54) is 0 Å². The quantitative estimate of drug-likeness (QED) is 0.795. The summed E-state index contributed by atoms with van der Waals surface area (Å²) in [6.07, 6.45) is 2.01. The van der Waals surface area contributed by atoms with Crippen molar-refractivity contribution >= 4 is 31.7 Å². The van der Waals surface area contributed by atoms with E-state index in [1.807, 2.05) is 0 Å². The average Bonchev–Trinajstić information content (AvgIpc) is 3.14. The fourth-order valence-electron chi connectivity index (χ4n) is 2.72. The average molecular weight is 398 g/mol. The molecule has 1 aromatic heterocycles. The van der Waals surface area contributed by atoms with Crippen molar-refractivity contribution < 1.29 is 17.6 Å². The Morgan fingerprint density at radius 3 is 2.57 bits per heavy atom. The molecule has 1 fully saturated rings. The Bertz CT molecular complexity index is 784. The lowest BCUT2D eigenvalue weighted by molar-refractivity contribution is 0.0666. The van der Waals surface area contributed by atoms with Gasteiger partial charge in [-0.25, -0.2) is 8.42 Å². The molecule has 1 amide bonds. The van der Waals surface area contributed by atoms with Crippen LogP contribution in [0.25, 0.3) is 0 Å². The summed E-state index contributed by atoms with van der Waals surface area (Å²) in [5.41, 5.74) is 0.532. The van der Waals surface area contributed by atoms with Gasteiger partial charge in [-0.15, -0.1) is 0 Å². The molecule has 1 atom stereocenters. The molecule has 0 unspecified atom stereocenters. The molecule has 5 nitrogen and oxygen atoms in total. The molecule has 0 bridgehead atoms. The summed E-state index contributed by atoms with van der Waals surface area (Å²) in [7, 11) is -3.07. The van der Waals surface area contributed by atoms with Gasteiger partial charge in [0, 0.05) is 16.1 Å². The van der Waals surface area contributed by atoms with Crippen molar-refractivity contribution in [2.24, 2.45) is 0 Å². The maximum Gasteiger partial charge on any atom is 0.254 e. The van der Waals surface area contributed by atoms with Gasteiger partial charge in [0.25, 0.3) is 5.91 Å². The zero-order valence-electron chi connectivity index (χ0n) is 12.3. The molecule has 23 heavy (non-hydrogen) atoms. The summed E-state index contributed by atoms with van der Waals surface area (Å²) >= 11 is 3.34. The molecule has 122 valence electrons. The molecule has 2 aromatic rings. The summed E-state index contributed by atoms with van der Waals surface area (Å²) in [4.78, 5) is 14.5. The van der Waals surface area contributed by atoms with E-state index in [9.17, 15) is 13.2 Å². The van der Waals surface area contributed by atoms with Crippen molar-refractivity contribution in [2.45, 2.75) is 19.0 Å². The maximum atomic E-state index is 12.9. The van der Waals surface area contributed by atoms with E-state index < -0.39 is 9.84 Å². The molecular formula is C16H16BrNO4S. The van der Waals surface area contributed by atoms with E-state index in [1.54, 1.807) is 47.6 Å². The monoisotopic (exact) mass is 397 g/mol. The number of carbonyl (C=O) groups is 1. The molecule has 7 heteroatoms. The Morgan fingerprint density at radius 1 is 1.26 bits per heavy atom. The third-order valence-corrected chi connectivity index (χ3v) is 6.19.